The maximum atomic E-state index is 12.7. The van der Waals surface area contributed by atoms with Crippen LogP contribution >= 0.6 is 11.8 Å². The summed E-state index contributed by atoms with van der Waals surface area (Å²) in [6.45, 7) is 1.07. The first-order chi connectivity index (χ1) is 9.63. The zero-order valence-electron chi connectivity index (χ0n) is 11.4. The normalized spacial score (nSPS) is 21.9. The van der Waals surface area contributed by atoms with Gasteiger partial charge in [-0.15, -0.1) is 0 Å². The molecule has 0 spiro atoms. The second-order valence-electron chi connectivity index (χ2n) is 5.33. The molecule has 1 aliphatic heterocycles. The van der Waals surface area contributed by atoms with Crippen LogP contribution in [0.3, 0.4) is 0 Å². The maximum Gasteiger partial charge on any atom is 0.244 e. The van der Waals surface area contributed by atoms with Gasteiger partial charge in [-0.1, -0.05) is 0 Å². The lowest BCUT2D eigenvalue weighted by Crippen LogP contribution is -2.32. The Balaban J connectivity index is 1.89. The summed E-state index contributed by atoms with van der Waals surface area (Å²) in [7, 11) is -3.41. The topological polar surface area (TPSA) is 62.5 Å². The zero-order valence-corrected chi connectivity index (χ0v) is 13.0. The summed E-state index contributed by atoms with van der Waals surface area (Å²) in [4.78, 5) is 0.334. The molecule has 0 unspecified atom stereocenters. The molecule has 1 aliphatic carbocycles. The van der Waals surface area contributed by atoms with Gasteiger partial charge in [-0.3, -0.25) is 0 Å². The molecule has 0 amide bonds. The molecule has 1 aromatic heterocycles. The number of hydrogen-bond donors (Lipinski definition) is 1. The van der Waals surface area contributed by atoms with Crippen molar-refractivity contribution in [1.29, 1.82) is 0 Å². The summed E-state index contributed by atoms with van der Waals surface area (Å²) in [6.07, 6.45) is 4.75. The van der Waals surface area contributed by atoms with Crippen molar-refractivity contribution in [3.05, 3.63) is 18.0 Å². The Hall–Kier alpha value is -0.500. The van der Waals surface area contributed by atoms with Crippen molar-refractivity contribution in [2.24, 2.45) is 0 Å². The van der Waals surface area contributed by atoms with Gasteiger partial charge in [-0.25, -0.2) is 8.42 Å². The van der Waals surface area contributed by atoms with Crippen LogP contribution in [0.25, 0.3) is 0 Å². The number of sulfonamides is 1. The van der Waals surface area contributed by atoms with Crippen molar-refractivity contribution in [1.82, 2.24) is 8.87 Å². The van der Waals surface area contributed by atoms with Crippen LogP contribution in [0.1, 0.15) is 31.0 Å². The van der Waals surface area contributed by atoms with E-state index in [2.05, 4.69) is 0 Å². The van der Waals surface area contributed by atoms with Crippen molar-refractivity contribution in [3.63, 3.8) is 0 Å². The second kappa shape index (κ2) is 5.71. The zero-order chi connectivity index (χ0) is 14.2. The van der Waals surface area contributed by atoms with Gasteiger partial charge in [0.25, 0.3) is 0 Å². The molecule has 20 heavy (non-hydrogen) atoms. The van der Waals surface area contributed by atoms with Gasteiger partial charge < -0.3 is 9.67 Å². The van der Waals surface area contributed by atoms with E-state index in [0.29, 0.717) is 29.7 Å². The molecule has 0 bridgehead atoms. The number of hydrogen-bond acceptors (Lipinski definition) is 4. The first-order valence-corrected chi connectivity index (χ1v) is 9.62. The highest BCUT2D eigenvalue weighted by Gasteiger charge is 2.31. The van der Waals surface area contributed by atoms with Crippen molar-refractivity contribution < 1.29 is 13.5 Å². The molecule has 1 N–H and O–H groups in total. The Morgan fingerprint density at radius 1 is 1.30 bits per heavy atom. The monoisotopic (exact) mass is 316 g/mol. The van der Waals surface area contributed by atoms with Crippen LogP contribution in [0.2, 0.25) is 0 Å². The van der Waals surface area contributed by atoms with Crippen molar-refractivity contribution in [2.45, 2.75) is 36.8 Å². The largest absolute Gasteiger partial charge is 0.390 e. The van der Waals surface area contributed by atoms with Crippen LogP contribution < -0.4 is 0 Å². The third-order valence-electron chi connectivity index (χ3n) is 3.83. The van der Waals surface area contributed by atoms with E-state index >= 15 is 0 Å². The summed E-state index contributed by atoms with van der Waals surface area (Å²) >= 11 is 1.81. The van der Waals surface area contributed by atoms with E-state index in [-0.39, 0.29) is 6.61 Å². The fourth-order valence-corrected chi connectivity index (χ4v) is 5.10. The SMILES string of the molecule is O=S(=O)(c1cc(CO)n(C2CC2)c1)N1CCCSCC1. The molecule has 0 radical (unpaired) electrons. The van der Waals surface area contributed by atoms with E-state index in [4.69, 9.17) is 0 Å². The third kappa shape index (κ3) is 2.77. The number of nitrogens with zero attached hydrogens (tertiary/aromatic N) is 2. The molecule has 112 valence electrons. The van der Waals surface area contributed by atoms with E-state index in [1.807, 2.05) is 16.3 Å². The van der Waals surface area contributed by atoms with E-state index < -0.39 is 10.0 Å². The minimum atomic E-state index is -3.41. The summed E-state index contributed by atoms with van der Waals surface area (Å²) in [5.74, 6) is 1.88. The number of aromatic nitrogens is 1. The molecule has 1 saturated heterocycles. The number of aliphatic hydroxyl groups is 1. The lowest BCUT2D eigenvalue weighted by Gasteiger charge is -2.18. The molecule has 2 fully saturated rings. The van der Waals surface area contributed by atoms with Crippen LogP contribution in [-0.4, -0.2) is 47.0 Å². The predicted molar refractivity (Wildman–Crippen MR) is 79.3 cm³/mol. The summed E-state index contributed by atoms with van der Waals surface area (Å²) in [5.41, 5.74) is 0.704. The standard InChI is InChI=1S/C13H20N2O3S2/c16-10-12-8-13(9-15(12)11-2-3-11)20(17,18)14-4-1-6-19-7-5-14/h8-9,11,16H,1-7,10H2. The highest BCUT2D eigenvalue weighted by molar-refractivity contribution is 7.99. The lowest BCUT2D eigenvalue weighted by atomic mass is 10.4. The molecule has 1 aromatic rings. The van der Waals surface area contributed by atoms with Gasteiger partial charge in [0.15, 0.2) is 0 Å². The van der Waals surface area contributed by atoms with Crippen LogP contribution in [0.15, 0.2) is 17.2 Å². The number of thioether (sulfide) groups is 1. The average Bonchev–Trinajstić information content (AvgIpc) is 3.22. The van der Waals surface area contributed by atoms with E-state index in [9.17, 15) is 13.5 Å². The smallest absolute Gasteiger partial charge is 0.244 e. The molecule has 1 saturated carbocycles. The molecule has 3 rings (SSSR count). The maximum absolute atomic E-state index is 12.7. The van der Waals surface area contributed by atoms with Crippen LogP contribution in [-0.2, 0) is 16.6 Å². The van der Waals surface area contributed by atoms with Gasteiger partial charge in [0.2, 0.25) is 10.0 Å². The number of rotatable bonds is 4. The molecule has 5 nitrogen and oxygen atoms in total. The predicted octanol–water partition coefficient (Wildman–Crippen LogP) is 1.44. The van der Waals surface area contributed by atoms with Crippen LogP contribution in [0.5, 0.6) is 0 Å². The quantitative estimate of drug-likeness (QED) is 0.913. The van der Waals surface area contributed by atoms with Gasteiger partial charge >= 0.3 is 0 Å². The highest BCUT2D eigenvalue weighted by Crippen LogP contribution is 2.37. The molecule has 2 aliphatic rings. The van der Waals surface area contributed by atoms with Gasteiger partial charge in [-0.05, 0) is 31.1 Å². The van der Waals surface area contributed by atoms with E-state index in [1.54, 1.807) is 16.6 Å². The molecular weight excluding hydrogens is 296 g/mol. The van der Waals surface area contributed by atoms with Crippen molar-refractivity contribution >= 4 is 21.8 Å². The van der Waals surface area contributed by atoms with Gasteiger partial charge in [0, 0.05) is 36.8 Å². The number of aliphatic hydroxyl groups excluding tert-OH is 1. The molecular formula is C13H20N2O3S2. The Morgan fingerprint density at radius 2 is 2.10 bits per heavy atom. The Labute approximate surface area is 124 Å². The minimum Gasteiger partial charge on any atom is -0.390 e. The minimum absolute atomic E-state index is 0.109. The molecule has 7 heteroatoms. The Morgan fingerprint density at radius 3 is 2.80 bits per heavy atom. The first-order valence-electron chi connectivity index (χ1n) is 7.02. The molecule has 0 atom stereocenters. The van der Waals surface area contributed by atoms with Gasteiger partial charge in [-0.2, -0.15) is 16.1 Å². The van der Waals surface area contributed by atoms with Crippen molar-refractivity contribution in [2.75, 3.05) is 24.6 Å². The first kappa shape index (κ1) is 14.4. The Kier molecular flexibility index (Phi) is 4.12. The summed E-state index contributed by atoms with van der Waals surface area (Å²) < 4.78 is 28.9. The van der Waals surface area contributed by atoms with Crippen LogP contribution in [0.4, 0.5) is 0 Å². The summed E-state index contributed by atoms with van der Waals surface area (Å²) in [5, 5.41) is 9.40. The lowest BCUT2D eigenvalue weighted by molar-refractivity contribution is 0.270. The Bertz CT molecular complexity index is 570. The second-order valence-corrected chi connectivity index (χ2v) is 8.50. The fourth-order valence-electron chi connectivity index (χ4n) is 2.57. The fraction of sp³-hybridized carbons (Fsp3) is 0.692. The molecule has 0 aromatic carbocycles. The highest BCUT2D eigenvalue weighted by atomic mass is 32.2. The average molecular weight is 316 g/mol. The molecule has 2 heterocycles. The third-order valence-corrected chi connectivity index (χ3v) is 6.74. The van der Waals surface area contributed by atoms with Crippen molar-refractivity contribution in [3.8, 4) is 0 Å². The van der Waals surface area contributed by atoms with E-state index in [0.717, 1.165) is 30.8 Å². The summed E-state index contributed by atoms with van der Waals surface area (Å²) in [6, 6.07) is 2.01. The van der Waals surface area contributed by atoms with Gasteiger partial charge in [0.05, 0.1) is 6.61 Å². The van der Waals surface area contributed by atoms with Gasteiger partial charge in [0.1, 0.15) is 4.90 Å². The van der Waals surface area contributed by atoms with Crippen LogP contribution in [0, 0.1) is 0 Å². The van der Waals surface area contributed by atoms with E-state index in [1.165, 1.54) is 0 Å².